The van der Waals surface area contributed by atoms with Gasteiger partial charge in [-0.1, -0.05) is 13.8 Å². The van der Waals surface area contributed by atoms with Gasteiger partial charge in [-0.05, 0) is 13.0 Å². The minimum Gasteiger partial charge on any atom is -0.327 e. The van der Waals surface area contributed by atoms with E-state index in [4.69, 9.17) is 5.73 Å². The van der Waals surface area contributed by atoms with Crippen molar-refractivity contribution in [1.82, 2.24) is 9.80 Å². The van der Waals surface area contributed by atoms with Crippen molar-refractivity contribution < 1.29 is 0 Å². The van der Waals surface area contributed by atoms with Gasteiger partial charge in [0.1, 0.15) is 0 Å². The van der Waals surface area contributed by atoms with Crippen molar-refractivity contribution >= 4 is 0 Å². The molecule has 0 aromatic heterocycles. The molecule has 78 valence electrons. The van der Waals surface area contributed by atoms with Crippen molar-refractivity contribution in [2.45, 2.75) is 26.3 Å². The van der Waals surface area contributed by atoms with Crippen molar-refractivity contribution in [3.05, 3.63) is 0 Å². The minimum absolute atomic E-state index is 0.369. The Balaban J connectivity index is 2.17. The van der Waals surface area contributed by atoms with Gasteiger partial charge in [0.25, 0.3) is 0 Å². The summed E-state index contributed by atoms with van der Waals surface area (Å²) in [5.74, 6) is 0. The highest BCUT2D eigenvalue weighted by Crippen LogP contribution is 2.02. The summed E-state index contributed by atoms with van der Waals surface area (Å²) < 4.78 is 0. The summed E-state index contributed by atoms with van der Waals surface area (Å²) >= 11 is 0. The number of piperazine rings is 1. The molecule has 13 heavy (non-hydrogen) atoms. The number of nitrogens with two attached hydrogens (primary N) is 1. The zero-order chi connectivity index (χ0) is 9.68. The molecule has 0 unspecified atom stereocenters. The molecule has 0 aromatic rings. The van der Waals surface area contributed by atoms with E-state index in [0.29, 0.717) is 6.04 Å². The second-order valence-electron chi connectivity index (χ2n) is 3.90. The van der Waals surface area contributed by atoms with Crippen LogP contribution in [0.15, 0.2) is 0 Å². The average molecular weight is 185 g/mol. The molecule has 0 spiro atoms. The fraction of sp³-hybridized carbons (Fsp3) is 1.00. The molecule has 0 aliphatic carbocycles. The first-order valence-electron chi connectivity index (χ1n) is 5.46. The van der Waals surface area contributed by atoms with Gasteiger partial charge >= 0.3 is 0 Å². The van der Waals surface area contributed by atoms with Crippen LogP contribution in [0.25, 0.3) is 0 Å². The average Bonchev–Trinajstić information content (AvgIpc) is 2.19. The maximum Gasteiger partial charge on any atom is 0.0165 e. The summed E-state index contributed by atoms with van der Waals surface area (Å²) in [5, 5.41) is 0. The molecule has 3 nitrogen and oxygen atoms in total. The van der Waals surface area contributed by atoms with Gasteiger partial charge in [-0.25, -0.2) is 0 Å². The Hall–Kier alpha value is -0.120. The smallest absolute Gasteiger partial charge is 0.0165 e. The Morgan fingerprint density at radius 1 is 1.08 bits per heavy atom. The molecule has 0 amide bonds. The SMILES string of the molecule is CC[C@H](N)CN1CCN(CC)CC1. The predicted molar refractivity (Wildman–Crippen MR) is 56.8 cm³/mol. The quantitative estimate of drug-likeness (QED) is 0.686. The number of nitrogens with zero attached hydrogens (tertiary/aromatic N) is 2. The Morgan fingerprint density at radius 3 is 2.08 bits per heavy atom. The fourth-order valence-electron chi connectivity index (χ4n) is 1.75. The summed E-state index contributed by atoms with van der Waals surface area (Å²) in [7, 11) is 0. The number of likely N-dealkylation sites (N-methyl/N-ethyl adjacent to an activating group) is 1. The van der Waals surface area contributed by atoms with Crippen LogP contribution in [0.2, 0.25) is 0 Å². The second-order valence-corrected chi connectivity index (χ2v) is 3.90. The summed E-state index contributed by atoms with van der Waals surface area (Å²) in [6, 6.07) is 0.369. The zero-order valence-electron chi connectivity index (χ0n) is 9.00. The highest BCUT2D eigenvalue weighted by Gasteiger charge is 2.16. The van der Waals surface area contributed by atoms with E-state index in [-0.39, 0.29) is 0 Å². The lowest BCUT2D eigenvalue weighted by atomic mass is 10.2. The number of hydrogen-bond acceptors (Lipinski definition) is 3. The molecule has 1 heterocycles. The lowest BCUT2D eigenvalue weighted by Gasteiger charge is -2.35. The van der Waals surface area contributed by atoms with Gasteiger partial charge in [-0.15, -0.1) is 0 Å². The molecule has 1 fully saturated rings. The van der Waals surface area contributed by atoms with E-state index >= 15 is 0 Å². The van der Waals surface area contributed by atoms with Crippen LogP contribution in [0.4, 0.5) is 0 Å². The van der Waals surface area contributed by atoms with Crippen LogP contribution < -0.4 is 5.73 Å². The molecular weight excluding hydrogens is 162 g/mol. The molecule has 0 aromatic carbocycles. The van der Waals surface area contributed by atoms with E-state index in [1.54, 1.807) is 0 Å². The van der Waals surface area contributed by atoms with E-state index in [1.807, 2.05) is 0 Å². The van der Waals surface area contributed by atoms with Crippen LogP contribution in [-0.4, -0.2) is 55.1 Å². The molecule has 1 aliphatic rings. The van der Waals surface area contributed by atoms with Crippen molar-refractivity contribution in [3.8, 4) is 0 Å². The summed E-state index contributed by atoms with van der Waals surface area (Å²) in [5.41, 5.74) is 5.92. The van der Waals surface area contributed by atoms with Crippen LogP contribution in [-0.2, 0) is 0 Å². The monoisotopic (exact) mass is 185 g/mol. The first-order valence-corrected chi connectivity index (χ1v) is 5.46. The molecule has 0 saturated carbocycles. The Morgan fingerprint density at radius 2 is 1.62 bits per heavy atom. The van der Waals surface area contributed by atoms with E-state index < -0.39 is 0 Å². The highest BCUT2D eigenvalue weighted by molar-refractivity contribution is 4.74. The van der Waals surface area contributed by atoms with Crippen LogP contribution in [0.3, 0.4) is 0 Å². The lowest BCUT2D eigenvalue weighted by Crippen LogP contribution is -2.49. The van der Waals surface area contributed by atoms with Crippen LogP contribution in [0.1, 0.15) is 20.3 Å². The van der Waals surface area contributed by atoms with Crippen molar-refractivity contribution in [3.63, 3.8) is 0 Å². The van der Waals surface area contributed by atoms with Gasteiger partial charge in [0.15, 0.2) is 0 Å². The van der Waals surface area contributed by atoms with Crippen LogP contribution in [0, 0.1) is 0 Å². The van der Waals surface area contributed by atoms with E-state index in [0.717, 1.165) is 13.0 Å². The van der Waals surface area contributed by atoms with E-state index in [2.05, 4.69) is 23.6 Å². The van der Waals surface area contributed by atoms with Gasteiger partial charge in [0.05, 0.1) is 0 Å². The van der Waals surface area contributed by atoms with Gasteiger partial charge in [-0.2, -0.15) is 0 Å². The summed E-state index contributed by atoms with van der Waals surface area (Å²) in [6.45, 7) is 11.5. The van der Waals surface area contributed by atoms with Crippen LogP contribution >= 0.6 is 0 Å². The van der Waals surface area contributed by atoms with Crippen molar-refractivity contribution in [1.29, 1.82) is 0 Å². The Labute approximate surface area is 81.9 Å². The van der Waals surface area contributed by atoms with Crippen molar-refractivity contribution in [2.24, 2.45) is 5.73 Å². The molecule has 1 atom stereocenters. The predicted octanol–water partition coefficient (Wildman–Crippen LogP) is 0.361. The molecule has 3 heteroatoms. The maximum atomic E-state index is 5.92. The topological polar surface area (TPSA) is 32.5 Å². The third-order valence-electron chi connectivity index (χ3n) is 2.93. The van der Waals surface area contributed by atoms with Crippen LogP contribution in [0.5, 0.6) is 0 Å². The van der Waals surface area contributed by atoms with E-state index in [9.17, 15) is 0 Å². The molecule has 0 radical (unpaired) electrons. The molecular formula is C10H23N3. The van der Waals surface area contributed by atoms with Gasteiger partial charge in [-0.3, -0.25) is 4.90 Å². The number of hydrogen-bond donors (Lipinski definition) is 1. The molecule has 1 saturated heterocycles. The molecule has 2 N–H and O–H groups in total. The van der Waals surface area contributed by atoms with Gasteiger partial charge in [0, 0.05) is 38.8 Å². The molecule has 1 aliphatic heterocycles. The third-order valence-corrected chi connectivity index (χ3v) is 2.93. The minimum atomic E-state index is 0.369. The first kappa shape index (κ1) is 11.0. The Bertz CT molecular complexity index is 130. The largest absolute Gasteiger partial charge is 0.327 e. The standard InChI is InChI=1S/C10H23N3/c1-3-10(11)9-13-7-5-12(4-2)6-8-13/h10H,3-9,11H2,1-2H3/t10-/m0/s1. The third kappa shape index (κ3) is 3.63. The Kier molecular flexibility index (Phi) is 4.70. The first-order chi connectivity index (χ1) is 6.26. The molecule has 1 rings (SSSR count). The maximum absolute atomic E-state index is 5.92. The normalized spacial score (nSPS) is 23.3. The second kappa shape index (κ2) is 5.58. The zero-order valence-corrected chi connectivity index (χ0v) is 9.00. The lowest BCUT2D eigenvalue weighted by molar-refractivity contribution is 0.131. The van der Waals surface area contributed by atoms with Gasteiger partial charge in [0.2, 0.25) is 0 Å². The summed E-state index contributed by atoms with van der Waals surface area (Å²) in [4.78, 5) is 4.98. The fourth-order valence-corrected chi connectivity index (χ4v) is 1.75. The van der Waals surface area contributed by atoms with E-state index in [1.165, 1.54) is 32.7 Å². The highest BCUT2D eigenvalue weighted by atomic mass is 15.3. The van der Waals surface area contributed by atoms with Crippen molar-refractivity contribution in [2.75, 3.05) is 39.3 Å². The summed E-state index contributed by atoms with van der Waals surface area (Å²) in [6.07, 6.45) is 1.09. The van der Waals surface area contributed by atoms with Gasteiger partial charge < -0.3 is 10.6 Å². The number of rotatable bonds is 4. The molecule has 0 bridgehead atoms.